The zero-order valence-corrected chi connectivity index (χ0v) is 46.5. The van der Waals surface area contributed by atoms with Gasteiger partial charge in [-0.25, -0.2) is 4.57 Å². The molecule has 0 saturated heterocycles. The lowest BCUT2D eigenvalue weighted by molar-refractivity contribution is -0.870. The van der Waals surface area contributed by atoms with Crippen LogP contribution >= 0.6 is 7.82 Å². The average Bonchev–Trinajstić information content (AvgIpc) is 3.30. The number of carbonyl (C=O) groups is 1. The maximum absolute atomic E-state index is 13.0. The summed E-state index contributed by atoms with van der Waals surface area (Å²) >= 11 is 0. The van der Waals surface area contributed by atoms with E-state index in [0.29, 0.717) is 17.4 Å². The summed E-state index contributed by atoms with van der Waals surface area (Å²) in [6.07, 6.45) is 66.4. The number of unbranched alkanes of at least 4 members (excludes halogenated alkanes) is 34. The van der Waals surface area contributed by atoms with E-state index in [2.05, 4.69) is 55.6 Å². The Labute approximate surface area is 422 Å². The van der Waals surface area contributed by atoms with Gasteiger partial charge in [0.05, 0.1) is 39.9 Å². The van der Waals surface area contributed by atoms with Crippen molar-refractivity contribution in [3.8, 4) is 0 Å². The van der Waals surface area contributed by atoms with Crippen LogP contribution in [0.1, 0.15) is 271 Å². The molecule has 3 unspecified atom stereocenters. The zero-order valence-electron chi connectivity index (χ0n) is 45.6. The largest absolute Gasteiger partial charge is 0.472 e. The summed E-state index contributed by atoms with van der Waals surface area (Å²) in [5, 5.41) is 13.9. The van der Waals surface area contributed by atoms with Crippen molar-refractivity contribution < 1.29 is 32.9 Å². The molecule has 0 saturated carbocycles. The second-order valence-electron chi connectivity index (χ2n) is 21.0. The fourth-order valence-electron chi connectivity index (χ4n) is 8.46. The van der Waals surface area contributed by atoms with Gasteiger partial charge in [0.15, 0.2) is 0 Å². The van der Waals surface area contributed by atoms with E-state index in [4.69, 9.17) is 9.05 Å². The van der Waals surface area contributed by atoms with Crippen LogP contribution in [0.25, 0.3) is 0 Å². The Bertz CT molecular complexity index is 1250. The number of phosphoric acid groups is 1. The molecule has 0 aliphatic rings. The maximum Gasteiger partial charge on any atom is 0.472 e. The predicted molar refractivity (Wildman–Crippen MR) is 295 cm³/mol. The van der Waals surface area contributed by atoms with Crippen molar-refractivity contribution in [1.82, 2.24) is 5.32 Å². The van der Waals surface area contributed by atoms with Crippen molar-refractivity contribution in [2.75, 3.05) is 40.9 Å². The molecular formula is C59H114N2O6P+. The Kier molecular flexibility index (Phi) is 49.3. The second-order valence-corrected chi connectivity index (χ2v) is 22.5. The molecule has 68 heavy (non-hydrogen) atoms. The van der Waals surface area contributed by atoms with Crippen molar-refractivity contribution in [1.29, 1.82) is 0 Å². The fraction of sp³-hybridized carbons (Fsp3) is 0.847. The number of allylic oxidation sites excluding steroid dienone is 7. The highest BCUT2D eigenvalue weighted by Crippen LogP contribution is 2.43. The molecule has 0 aliphatic carbocycles. The molecule has 0 heterocycles. The van der Waals surface area contributed by atoms with Gasteiger partial charge in [-0.1, -0.05) is 255 Å². The van der Waals surface area contributed by atoms with E-state index in [-0.39, 0.29) is 19.1 Å². The number of rotatable bonds is 53. The van der Waals surface area contributed by atoms with Gasteiger partial charge in [0.2, 0.25) is 5.91 Å². The minimum absolute atomic E-state index is 0.0578. The molecule has 0 radical (unpaired) electrons. The third-order valence-electron chi connectivity index (χ3n) is 13.0. The summed E-state index contributed by atoms with van der Waals surface area (Å²) in [6, 6.07) is -0.856. The molecule has 0 bridgehead atoms. The standard InChI is InChI=1S/C59H113N2O6P/c1-6-8-10-12-14-16-18-20-22-24-26-27-28-29-30-31-32-33-35-36-38-40-42-44-46-48-50-52-58(62)57(56-67-68(64,65)66-55-54-61(3,4)5)60-59(63)53-51-49-47-45-43-41-39-37-34-25-23-21-19-17-15-13-11-9-7-2/h15,17,21,23,34,37,50,52,57-58,62H,6-14,16,18-20,22,24-33,35-36,38-49,51,53-56H2,1-5H3,(H-,60,63,64,65)/p+1/b17-15-,23-21-,37-34-,52-50+. The molecule has 400 valence electrons. The summed E-state index contributed by atoms with van der Waals surface area (Å²) in [5.41, 5.74) is 0. The van der Waals surface area contributed by atoms with E-state index in [1.807, 2.05) is 27.2 Å². The molecule has 8 nitrogen and oxygen atoms in total. The van der Waals surface area contributed by atoms with Gasteiger partial charge in [0.1, 0.15) is 13.2 Å². The quantitative estimate of drug-likeness (QED) is 0.0243. The number of hydrogen-bond acceptors (Lipinski definition) is 5. The van der Waals surface area contributed by atoms with E-state index in [1.165, 1.54) is 186 Å². The fourth-order valence-corrected chi connectivity index (χ4v) is 9.20. The Morgan fingerprint density at radius 3 is 1.25 bits per heavy atom. The van der Waals surface area contributed by atoms with E-state index in [9.17, 15) is 19.4 Å². The molecule has 3 N–H and O–H groups in total. The number of aliphatic hydroxyl groups excluding tert-OH is 1. The van der Waals surface area contributed by atoms with Gasteiger partial charge in [-0.05, 0) is 57.8 Å². The first-order valence-corrected chi connectivity index (χ1v) is 30.5. The van der Waals surface area contributed by atoms with E-state index < -0.39 is 20.0 Å². The molecule has 0 spiro atoms. The Morgan fingerprint density at radius 1 is 0.500 bits per heavy atom. The normalized spacial score (nSPS) is 14.3. The van der Waals surface area contributed by atoms with Crippen LogP contribution < -0.4 is 5.32 Å². The van der Waals surface area contributed by atoms with Crippen LogP contribution in [-0.2, 0) is 18.4 Å². The Hall–Kier alpha value is -1.54. The summed E-state index contributed by atoms with van der Waals surface area (Å²) in [7, 11) is 1.56. The van der Waals surface area contributed by atoms with E-state index in [1.54, 1.807) is 6.08 Å². The van der Waals surface area contributed by atoms with Gasteiger partial charge in [0, 0.05) is 6.42 Å². The van der Waals surface area contributed by atoms with E-state index in [0.717, 1.165) is 64.2 Å². The van der Waals surface area contributed by atoms with Crippen molar-refractivity contribution in [3.63, 3.8) is 0 Å². The summed E-state index contributed by atoms with van der Waals surface area (Å²) in [5.74, 6) is -0.188. The van der Waals surface area contributed by atoms with Gasteiger partial charge < -0.3 is 19.8 Å². The molecule has 9 heteroatoms. The molecule has 0 aliphatic heterocycles. The first kappa shape index (κ1) is 66.5. The van der Waals surface area contributed by atoms with Crippen molar-refractivity contribution in [3.05, 3.63) is 48.6 Å². The molecule has 3 atom stereocenters. The highest BCUT2D eigenvalue weighted by molar-refractivity contribution is 7.47. The summed E-state index contributed by atoms with van der Waals surface area (Å²) in [4.78, 5) is 23.3. The Morgan fingerprint density at radius 2 is 0.838 bits per heavy atom. The second kappa shape index (κ2) is 50.4. The van der Waals surface area contributed by atoms with Gasteiger partial charge in [-0.2, -0.15) is 0 Å². The van der Waals surface area contributed by atoms with Gasteiger partial charge in [-0.3, -0.25) is 13.8 Å². The minimum atomic E-state index is -4.35. The molecule has 0 aromatic carbocycles. The van der Waals surface area contributed by atoms with Gasteiger partial charge in [-0.15, -0.1) is 0 Å². The average molecular weight is 979 g/mol. The van der Waals surface area contributed by atoms with Crippen molar-refractivity contribution in [2.24, 2.45) is 0 Å². The molecule has 0 rings (SSSR count). The predicted octanol–water partition coefficient (Wildman–Crippen LogP) is 17.5. The first-order valence-electron chi connectivity index (χ1n) is 29.0. The molecule has 0 aromatic rings. The molecule has 0 fully saturated rings. The first-order chi connectivity index (χ1) is 33.0. The smallest absolute Gasteiger partial charge is 0.387 e. The monoisotopic (exact) mass is 978 g/mol. The number of nitrogens with zero attached hydrogens (tertiary/aromatic N) is 1. The van der Waals surface area contributed by atoms with E-state index >= 15 is 0 Å². The van der Waals surface area contributed by atoms with Crippen LogP contribution in [0.15, 0.2) is 48.6 Å². The van der Waals surface area contributed by atoms with Crippen LogP contribution in [0.2, 0.25) is 0 Å². The summed E-state index contributed by atoms with van der Waals surface area (Å²) < 4.78 is 23.7. The highest BCUT2D eigenvalue weighted by Gasteiger charge is 2.27. The number of amides is 1. The van der Waals surface area contributed by atoms with Crippen LogP contribution in [0.3, 0.4) is 0 Å². The molecule has 1 amide bonds. The lowest BCUT2D eigenvalue weighted by Gasteiger charge is -2.25. The van der Waals surface area contributed by atoms with Crippen LogP contribution in [0.5, 0.6) is 0 Å². The maximum atomic E-state index is 13.0. The van der Waals surface area contributed by atoms with Crippen LogP contribution in [0.4, 0.5) is 0 Å². The Balaban J connectivity index is 4.21. The lowest BCUT2D eigenvalue weighted by Crippen LogP contribution is -2.45. The van der Waals surface area contributed by atoms with Crippen LogP contribution in [0, 0.1) is 0 Å². The number of hydrogen-bond donors (Lipinski definition) is 3. The SMILES string of the molecule is CCCCC/C=C\C/C=C\C/C=C\CCCCCCCCC(=O)NC(COP(=O)(O)OCC[N+](C)(C)C)C(O)/C=C/CCCCCCCCCCCCCCCCCCCCCCCCCCC. The van der Waals surface area contributed by atoms with Gasteiger partial charge >= 0.3 is 7.82 Å². The third kappa shape index (κ3) is 52.3. The third-order valence-corrected chi connectivity index (χ3v) is 14.0. The summed E-state index contributed by atoms with van der Waals surface area (Å²) in [6.45, 7) is 4.80. The van der Waals surface area contributed by atoms with Crippen molar-refractivity contribution >= 4 is 13.7 Å². The van der Waals surface area contributed by atoms with Crippen LogP contribution in [-0.4, -0.2) is 73.4 Å². The molecule has 0 aromatic heterocycles. The number of likely N-dealkylation sites (N-methyl/N-ethyl adjacent to an activating group) is 1. The number of aliphatic hydroxyl groups is 1. The molecular weight excluding hydrogens is 864 g/mol. The number of carbonyl (C=O) groups excluding carboxylic acids is 1. The number of phosphoric ester groups is 1. The number of quaternary nitrogens is 1. The number of nitrogens with one attached hydrogen (secondary N) is 1. The zero-order chi connectivity index (χ0) is 49.9. The topological polar surface area (TPSA) is 105 Å². The van der Waals surface area contributed by atoms with Gasteiger partial charge in [0.25, 0.3) is 0 Å². The highest BCUT2D eigenvalue weighted by atomic mass is 31.2. The van der Waals surface area contributed by atoms with Crippen molar-refractivity contribution in [2.45, 2.75) is 283 Å². The minimum Gasteiger partial charge on any atom is -0.387 e. The lowest BCUT2D eigenvalue weighted by atomic mass is 10.0.